The number of hydrogen-bond acceptors (Lipinski definition) is 4. The summed E-state index contributed by atoms with van der Waals surface area (Å²) >= 11 is 0. The zero-order chi connectivity index (χ0) is 31.3. The molecule has 2 aromatic rings. The summed E-state index contributed by atoms with van der Waals surface area (Å²) in [5.74, 6) is -2.54. The lowest BCUT2D eigenvalue weighted by Gasteiger charge is -2.33. The van der Waals surface area contributed by atoms with Gasteiger partial charge in [-0.05, 0) is 56.7 Å². The predicted molar refractivity (Wildman–Crippen MR) is 136 cm³/mol. The molecule has 14 heteroatoms. The van der Waals surface area contributed by atoms with E-state index >= 15 is 0 Å². The number of likely N-dealkylation sites (tertiary alicyclic amines) is 1. The first-order valence-corrected chi connectivity index (χ1v) is 14.6. The van der Waals surface area contributed by atoms with E-state index in [4.69, 9.17) is 0 Å². The molecule has 1 N–H and O–H groups in total. The van der Waals surface area contributed by atoms with Crippen LogP contribution in [0.4, 0.5) is 30.7 Å². The minimum Gasteiger partial charge on any atom is -0.481 e. The van der Waals surface area contributed by atoms with Crippen molar-refractivity contribution in [2.45, 2.75) is 66.7 Å². The SMILES string of the molecule is Cc1ccc(S(=O)(=O)[C@@]2(c3ccc(C(F)(C(F)(F)F)C(F)(F)F)cc3)CCN(C(=O)C3CCC(C(=O)O)CC3)C2)cc1. The number of rotatable bonds is 6. The molecule has 42 heavy (non-hydrogen) atoms. The summed E-state index contributed by atoms with van der Waals surface area (Å²) in [5.41, 5.74) is -6.90. The van der Waals surface area contributed by atoms with Crippen molar-refractivity contribution < 1.29 is 53.8 Å². The van der Waals surface area contributed by atoms with Crippen LogP contribution in [0.25, 0.3) is 0 Å². The number of nitrogens with zero attached hydrogens (tertiary/aromatic N) is 1. The second kappa shape index (κ2) is 10.8. The number of carbonyl (C=O) groups excluding carboxylic acids is 1. The van der Waals surface area contributed by atoms with Gasteiger partial charge in [0.15, 0.2) is 9.84 Å². The van der Waals surface area contributed by atoms with E-state index in [-0.39, 0.29) is 61.2 Å². The molecule has 0 bridgehead atoms. The zero-order valence-corrected chi connectivity index (χ0v) is 23.1. The number of sulfone groups is 1. The number of halogens is 7. The van der Waals surface area contributed by atoms with Gasteiger partial charge >= 0.3 is 24.0 Å². The van der Waals surface area contributed by atoms with Crippen LogP contribution in [-0.2, 0) is 29.8 Å². The summed E-state index contributed by atoms with van der Waals surface area (Å²) in [5, 5.41) is 9.23. The van der Waals surface area contributed by atoms with Crippen LogP contribution >= 0.6 is 0 Å². The van der Waals surface area contributed by atoms with Gasteiger partial charge in [-0.15, -0.1) is 0 Å². The Bertz CT molecular complexity index is 1420. The van der Waals surface area contributed by atoms with Gasteiger partial charge in [0.1, 0.15) is 4.75 Å². The van der Waals surface area contributed by atoms with Gasteiger partial charge < -0.3 is 10.0 Å². The van der Waals surface area contributed by atoms with Crippen LogP contribution in [0.1, 0.15) is 48.8 Å². The Morgan fingerprint density at radius 1 is 0.833 bits per heavy atom. The molecule has 2 aromatic carbocycles. The Hall–Kier alpha value is -3.16. The van der Waals surface area contributed by atoms with E-state index in [2.05, 4.69) is 0 Å². The lowest BCUT2D eigenvalue weighted by molar-refractivity contribution is -0.348. The van der Waals surface area contributed by atoms with Gasteiger partial charge in [0.2, 0.25) is 5.91 Å². The van der Waals surface area contributed by atoms with E-state index in [0.29, 0.717) is 0 Å². The van der Waals surface area contributed by atoms with Gasteiger partial charge in [0.25, 0.3) is 0 Å². The first-order valence-electron chi connectivity index (χ1n) is 13.1. The van der Waals surface area contributed by atoms with Gasteiger partial charge in [-0.25, -0.2) is 12.8 Å². The molecular weight excluding hydrogens is 595 g/mol. The summed E-state index contributed by atoms with van der Waals surface area (Å²) in [7, 11) is -4.40. The fraction of sp³-hybridized carbons (Fsp3) is 0.500. The Morgan fingerprint density at radius 2 is 1.33 bits per heavy atom. The molecule has 230 valence electrons. The minimum atomic E-state index is -6.34. The molecule has 4 rings (SSSR count). The number of aryl methyl sites for hydroxylation is 1. The van der Waals surface area contributed by atoms with Crippen molar-refractivity contribution in [2.24, 2.45) is 11.8 Å². The third-order valence-electron chi connectivity index (χ3n) is 8.40. The molecular formula is C28H28F7NO5S. The Kier molecular flexibility index (Phi) is 8.20. The zero-order valence-electron chi connectivity index (χ0n) is 22.3. The smallest absolute Gasteiger partial charge is 0.435 e. The van der Waals surface area contributed by atoms with Crippen molar-refractivity contribution in [3.05, 3.63) is 65.2 Å². The highest BCUT2D eigenvalue weighted by Crippen LogP contribution is 2.54. The molecule has 0 radical (unpaired) electrons. The molecule has 1 saturated carbocycles. The van der Waals surface area contributed by atoms with Crippen molar-refractivity contribution in [3.63, 3.8) is 0 Å². The highest BCUT2D eigenvalue weighted by Gasteiger charge is 2.73. The fourth-order valence-corrected chi connectivity index (χ4v) is 7.94. The summed E-state index contributed by atoms with van der Waals surface area (Å²) < 4.78 is 121. The lowest BCUT2D eigenvalue weighted by Crippen LogP contribution is -2.50. The maximum Gasteiger partial charge on any atom is 0.435 e. The van der Waals surface area contributed by atoms with Crippen molar-refractivity contribution in [2.75, 3.05) is 13.1 Å². The van der Waals surface area contributed by atoms with Crippen molar-refractivity contribution >= 4 is 21.7 Å². The highest BCUT2D eigenvalue weighted by atomic mass is 32.2. The largest absolute Gasteiger partial charge is 0.481 e. The number of alkyl halides is 7. The lowest BCUT2D eigenvalue weighted by atomic mass is 9.81. The monoisotopic (exact) mass is 623 g/mol. The topological polar surface area (TPSA) is 91.8 Å². The molecule has 1 saturated heterocycles. The van der Waals surface area contributed by atoms with Crippen molar-refractivity contribution in [3.8, 4) is 0 Å². The van der Waals surface area contributed by atoms with Crippen LogP contribution in [-0.4, -0.2) is 55.7 Å². The number of carboxylic acid groups (broad SMARTS) is 1. The molecule has 6 nitrogen and oxygen atoms in total. The van der Waals surface area contributed by atoms with Gasteiger partial charge in [0, 0.05) is 24.6 Å². The number of benzene rings is 2. The first-order chi connectivity index (χ1) is 19.3. The first kappa shape index (κ1) is 31.8. The Labute approximate surface area is 237 Å². The number of carbonyl (C=O) groups is 2. The van der Waals surface area contributed by atoms with Crippen LogP contribution in [0.15, 0.2) is 53.4 Å². The average Bonchev–Trinajstić information content (AvgIpc) is 3.39. The van der Waals surface area contributed by atoms with E-state index in [1.54, 1.807) is 6.92 Å². The Balaban J connectivity index is 1.74. The van der Waals surface area contributed by atoms with E-state index in [1.807, 2.05) is 0 Å². The third kappa shape index (κ3) is 5.26. The second-order valence-electron chi connectivity index (χ2n) is 10.9. The van der Waals surface area contributed by atoms with Gasteiger partial charge in [-0.3, -0.25) is 9.59 Å². The number of amides is 1. The van der Waals surface area contributed by atoms with Crippen LogP contribution in [0.3, 0.4) is 0 Å². The molecule has 2 aliphatic rings. The van der Waals surface area contributed by atoms with Gasteiger partial charge in [-0.1, -0.05) is 42.0 Å². The molecule has 0 aromatic heterocycles. The van der Waals surface area contributed by atoms with Crippen molar-refractivity contribution in [1.29, 1.82) is 0 Å². The minimum absolute atomic E-state index is 0.0807. The molecule has 1 aliphatic carbocycles. The van der Waals surface area contributed by atoms with E-state index in [9.17, 15) is 53.8 Å². The van der Waals surface area contributed by atoms with Gasteiger partial charge in [0.05, 0.1) is 10.8 Å². The summed E-state index contributed by atoms with van der Waals surface area (Å²) in [6.45, 7) is 1.19. The molecule has 0 spiro atoms. The average molecular weight is 624 g/mol. The van der Waals surface area contributed by atoms with Crippen LogP contribution < -0.4 is 0 Å². The quantitative estimate of drug-likeness (QED) is 0.394. The van der Waals surface area contributed by atoms with E-state index in [0.717, 1.165) is 17.7 Å². The number of aliphatic carboxylic acids is 1. The molecule has 1 aliphatic heterocycles. The van der Waals surface area contributed by atoms with E-state index < -0.39 is 68.4 Å². The third-order valence-corrected chi connectivity index (χ3v) is 10.9. The second-order valence-corrected chi connectivity index (χ2v) is 13.2. The number of hydrogen-bond donors (Lipinski definition) is 1. The van der Waals surface area contributed by atoms with Crippen LogP contribution in [0.2, 0.25) is 0 Å². The molecule has 1 heterocycles. The van der Waals surface area contributed by atoms with Gasteiger partial charge in [-0.2, -0.15) is 26.3 Å². The Morgan fingerprint density at radius 3 is 1.81 bits per heavy atom. The maximum absolute atomic E-state index is 14.7. The van der Waals surface area contributed by atoms with Crippen LogP contribution in [0.5, 0.6) is 0 Å². The molecule has 1 amide bonds. The molecule has 1 atom stereocenters. The van der Waals surface area contributed by atoms with Crippen molar-refractivity contribution in [1.82, 2.24) is 4.90 Å². The number of carboxylic acids is 1. The summed E-state index contributed by atoms with van der Waals surface area (Å²) in [4.78, 5) is 25.8. The van der Waals surface area contributed by atoms with Crippen LogP contribution in [0, 0.1) is 18.8 Å². The summed E-state index contributed by atoms with van der Waals surface area (Å²) in [6.07, 6.45) is -11.8. The standard InChI is InChI=1S/C28H28F7NO5S/c1-17-2-12-22(13-3-17)42(40,41)25(14-15-36(16-25)23(37)18-4-6-19(7-5-18)24(38)39)20-8-10-21(11-9-20)26(29,27(30,31)32)28(33,34)35/h2-3,8-13,18-19H,4-7,14-16H2,1H3,(H,38,39)/t18?,19?,25-/m0/s1. The fourth-order valence-electron chi connectivity index (χ4n) is 5.86. The normalized spacial score (nSPS) is 24.0. The molecule has 2 fully saturated rings. The maximum atomic E-state index is 14.7. The predicted octanol–water partition coefficient (Wildman–Crippen LogP) is 6.08. The van der Waals surface area contributed by atoms with E-state index in [1.165, 1.54) is 29.2 Å². The highest BCUT2D eigenvalue weighted by molar-refractivity contribution is 7.92. The molecule has 0 unspecified atom stereocenters. The summed E-state index contributed by atoms with van der Waals surface area (Å²) in [6, 6.07) is 7.70.